The lowest BCUT2D eigenvalue weighted by Crippen LogP contribution is -2.27. The summed E-state index contributed by atoms with van der Waals surface area (Å²) in [5.74, 6) is -0.787. The third-order valence-corrected chi connectivity index (χ3v) is 4.52. The summed E-state index contributed by atoms with van der Waals surface area (Å²) in [5, 5.41) is 5.35. The van der Waals surface area contributed by atoms with Crippen LogP contribution in [0.4, 0.5) is 15.8 Å². The van der Waals surface area contributed by atoms with Crippen LogP contribution in [-0.2, 0) is 14.6 Å². The Morgan fingerprint density at radius 2 is 2.05 bits per heavy atom. The van der Waals surface area contributed by atoms with Gasteiger partial charge in [-0.15, -0.1) is 0 Å². The summed E-state index contributed by atoms with van der Waals surface area (Å²) in [6, 6.07) is 3.66. The lowest BCUT2D eigenvalue weighted by molar-refractivity contribution is -0.114. The lowest BCUT2D eigenvalue weighted by Gasteiger charge is -2.16. The molecule has 0 heterocycles. The molecule has 0 aliphatic rings. The molecule has 1 amide bonds. The Balaban J connectivity index is 2.83. The van der Waals surface area contributed by atoms with Crippen LogP contribution in [0.15, 0.2) is 18.2 Å². The summed E-state index contributed by atoms with van der Waals surface area (Å²) in [5.41, 5.74) is 0.613. The number of halogens is 1. The monoisotopic (exact) mass is 302 g/mol. The molecular weight excluding hydrogens is 283 g/mol. The smallest absolute Gasteiger partial charge is 0.221 e. The highest BCUT2D eigenvalue weighted by molar-refractivity contribution is 7.91. The van der Waals surface area contributed by atoms with Crippen LogP contribution in [0.25, 0.3) is 0 Å². The van der Waals surface area contributed by atoms with Gasteiger partial charge in [-0.25, -0.2) is 12.8 Å². The second-order valence-electron chi connectivity index (χ2n) is 4.62. The molecule has 112 valence electrons. The van der Waals surface area contributed by atoms with E-state index in [-0.39, 0.29) is 23.1 Å². The van der Waals surface area contributed by atoms with E-state index >= 15 is 0 Å². The van der Waals surface area contributed by atoms with Gasteiger partial charge in [0.1, 0.15) is 5.82 Å². The molecule has 1 unspecified atom stereocenters. The first-order valence-corrected chi connectivity index (χ1v) is 8.09. The predicted octanol–water partition coefficient (Wildman–Crippen LogP) is 2.02. The fraction of sp³-hybridized carbons (Fsp3) is 0.462. The normalized spacial score (nSPS) is 12.8. The molecule has 1 aromatic carbocycles. The van der Waals surface area contributed by atoms with Crippen molar-refractivity contribution in [2.24, 2.45) is 0 Å². The molecular formula is C13H19FN2O3S. The van der Waals surface area contributed by atoms with E-state index in [2.05, 4.69) is 10.6 Å². The van der Waals surface area contributed by atoms with Crippen molar-refractivity contribution < 1.29 is 17.6 Å². The summed E-state index contributed by atoms with van der Waals surface area (Å²) in [6.45, 7) is 4.59. The third kappa shape index (κ3) is 5.16. The standard InChI is InChI=1S/C13H19FN2O3S/c1-4-20(18,19)8-9(2)15-13-7-11(16-10(3)17)5-6-12(13)14/h5-7,9,15H,4,8H2,1-3H3,(H,16,17). The van der Waals surface area contributed by atoms with Gasteiger partial charge in [-0.05, 0) is 25.1 Å². The topological polar surface area (TPSA) is 75.3 Å². The predicted molar refractivity (Wildman–Crippen MR) is 78.1 cm³/mol. The zero-order valence-electron chi connectivity index (χ0n) is 11.7. The van der Waals surface area contributed by atoms with Crippen molar-refractivity contribution in [1.29, 1.82) is 0 Å². The van der Waals surface area contributed by atoms with E-state index in [9.17, 15) is 17.6 Å². The van der Waals surface area contributed by atoms with Crippen molar-refractivity contribution in [3.63, 3.8) is 0 Å². The van der Waals surface area contributed by atoms with Crippen LogP contribution < -0.4 is 10.6 Å². The maximum absolute atomic E-state index is 13.7. The van der Waals surface area contributed by atoms with Gasteiger partial charge in [-0.3, -0.25) is 4.79 Å². The van der Waals surface area contributed by atoms with Gasteiger partial charge >= 0.3 is 0 Å². The maximum Gasteiger partial charge on any atom is 0.221 e. The van der Waals surface area contributed by atoms with Gasteiger partial charge in [0, 0.05) is 24.4 Å². The Morgan fingerprint density at radius 3 is 2.60 bits per heavy atom. The summed E-state index contributed by atoms with van der Waals surface area (Å²) in [6.07, 6.45) is 0. The Morgan fingerprint density at radius 1 is 1.40 bits per heavy atom. The fourth-order valence-electron chi connectivity index (χ4n) is 1.72. The Hall–Kier alpha value is -1.63. The van der Waals surface area contributed by atoms with Crippen LogP contribution >= 0.6 is 0 Å². The molecule has 7 heteroatoms. The lowest BCUT2D eigenvalue weighted by atomic mass is 10.2. The van der Waals surface area contributed by atoms with E-state index in [1.165, 1.54) is 25.1 Å². The second kappa shape index (κ2) is 6.69. The number of benzene rings is 1. The van der Waals surface area contributed by atoms with Crippen molar-refractivity contribution in [1.82, 2.24) is 0 Å². The van der Waals surface area contributed by atoms with Gasteiger partial charge < -0.3 is 10.6 Å². The molecule has 1 aromatic rings. The van der Waals surface area contributed by atoms with E-state index in [0.29, 0.717) is 5.69 Å². The summed E-state index contributed by atoms with van der Waals surface area (Å²) < 4.78 is 36.7. The van der Waals surface area contributed by atoms with Crippen LogP contribution in [0.1, 0.15) is 20.8 Å². The highest BCUT2D eigenvalue weighted by atomic mass is 32.2. The number of rotatable bonds is 6. The van der Waals surface area contributed by atoms with E-state index in [0.717, 1.165) is 0 Å². The molecule has 0 aliphatic carbocycles. The molecule has 0 saturated carbocycles. The fourth-order valence-corrected chi connectivity index (χ4v) is 2.80. The first kappa shape index (κ1) is 16.4. The zero-order valence-corrected chi connectivity index (χ0v) is 12.6. The maximum atomic E-state index is 13.7. The van der Waals surface area contributed by atoms with Crippen molar-refractivity contribution in [2.45, 2.75) is 26.8 Å². The summed E-state index contributed by atoms with van der Waals surface area (Å²) >= 11 is 0. The molecule has 5 nitrogen and oxygen atoms in total. The van der Waals surface area contributed by atoms with Gasteiger partial charge in [0.25, 0.3) is 0 Å². The molecule has 1 atom stereocenters. The Kier molecular flexibility index (Phi) is 5.50. The average molecular weight is 302 g/mol. The van der Waals surface area contributed by atoms with Crippen molar-refractivity contribution in [3.05, 3.63) is 24.0 Å². The Bertz CT molecular complexity index is 587. The average Bonchev–Trinajstić information content (AvgIpc) is 2.32. The number of amides is 1. The van der Waals surface area contributed by atoms with Crippen LogP contribution in [-0.4, -0.2) is 31.9 Å². The van der Waals surface area contributed by atoms with Gasteiger partial charge in [0.05, 0.1) is 11.4 Å². The van der Waals surface area contributed by atoms with E-state index in [1.807, 2.05) is 0 Å². The molecule has 2 N–H and O–H groups in total. The van der Waals surface area contributed by atoms with E-state index < -0.39 is 21.7 Å². The molecule has 20 heavy (non-hydrogen) atoms. The van der Waals surface area contributed by atoms with Gasteiger partial charge in [-0.1, -0.05) is 6.92 Å². The molecule has 0 bridgehead atoms. The van der Waals surface area contributed by atoms with Crippen LogP contribution in [0.5, 0.6) is 0 Å². The number of carbonyl (C=O) groups is 1. The highest BCUT2D eigenvalue weighted by Gasteiger charge is 2.15. The number of sulfone groups is 1. The van der Waals surface area contributed by atoms with Crippen molar-refractivity contribution >= 4 is 27.1 Å². The third-order valence-electron chi connectivity index (χ3n) is 2.63. The number of hydrogen-bond donors (Lipinski definition) is 2. The Labute approximate surface area is 118 Å². The van der Waals surface area contributed by atoms with Crippen LogP contribution in [0.2, 0.25) is 0 Å². The van der Waals surface area contributed by atoms with Gasteiger partial charge in [-0.2, -0.15) is 0 Å². The number of carbonyl (C=O) groups excluding carboxylic acids is 1. The quantitative estimate of drug-likeness (QED) is 0.843. The minimum atomic E-state index is -3.14. The van der Waals surface area contributed by atoms with Crippen molar-refractivity contribution in [2.75, 3.05) is 22.1 Å². The van der Waals surface area contributed by atoms with E-state index in [4.69, 9.17) is 0 Å². The van der Waals surface area contributed by atoms with Crippen LogP contribution in [0.3, 0.4) is 0 Å². The molecule has 0 fully saturated rings. The number of anilines is 2. The summed E-state index contributed by atoms with van der Waals surface area (Å²) in [4.78, 5) is 11.0. The SMILES string of the molecule is CCS(=O)(=O)CC(C)Nc1cc(NC(C)=O)ccc1F. The molecule has 0 radical (unpaired) electrons. The largest absolute Gasteiger partial charge is 0.379 e. The van der Waals surface area contributed by atoms with Gasteiger partial charge in [0.15, 0.2) is 9.84 Å². The minimum absolute atomic E-state index is 0.0490. The molecule has 0 aliphatic heterocycles. The molecule has 1 rings (SSSR count). The zero-order chi connectivity index (χ0) is 15.3. The van der Waals surface area contributed by atoms with Crippen LogP contribution in [0, 0.1) is 5.82 Å². The van der Waals surface area contributed by atoms with E-state index in [1.54, 1.807) is 13.8 Å². The highest BCUT2D eigenvalue weighted by Crippen LogP contribution is 2.20. The number of nitrogens with one attached hydrogen (secondary N) is 2. The second-order valence-corrected chi connectivity index (χ2v) is 7.02. The van der Waals surface area contributed by atoms with Gasteiger partial charge in [0.2, 0.25) is 5.91 Å². The molecule has 0 spiro atoms. The summed E-state index contributed by atoms with van der Waals surface area (Å²) in [7, 11) is -3.14. The molecule has 0 aromatic heterocycles. The first-order valence-electron chi connectivity index (χ1n) is 6.27. The van der Waals surface area contributed by atoms with Crippen molar-refractivity contribution in [3.8, 4) is 0 Å². The number of hydrogen-bond acceptors (Lipinski definition) is 4. The first-order chi connectivity index (χ1) is 9.23. The molecule has 0 saturated heterocycles. The minimum Gasteiger partial charge on any atom is -0.379 e.